The molecule has 0 saturated carbocycles. The Balaban J connectivity index is 2.30. The lowest BCUT2D eigenvalue weighted by atomic mass is 10.3. The molecular weight excluding hydrogens is 284 g/mol. The van der Waals surface area contributed by atoms with Crippen LogP contribution in [0.15, 0.2) is 24.3 Å². The van der Waals surface area contributed by atoms with Gasteiger partial charge in [0.1, 0.15) is 0 Å². The first-order valence-electron chi connectivity index (χ1n) is 5.58. The van der Waals surface area contributed by atoms with E-state index in [0.29, 0.717) is 11.4 Å². The number of hydrogen-bond donors (Lipinski definition) is 1. The molecule has 104 valence electrons. The van der Waals surface area contributed by atoms with E-state index in [4.69, 9.17) is 21.1 Å². The van der Waals surface area contributed by atoms with Crippen LogP contribution in [0.4, 0.5) is 5.69 Å². The summed E-state index contributed by atoms with van der Waals surface area (Å²) < 4.78 is 10.4. The fourth-order valence-electron chi connectivity index (χ4n) is 1.40. The van der Waals surface area contributed by atoms with Gasteiger partial charge in [0.05, 0.1) is 12.8 Å². The zero-order chi connectivity index (χ0) is 14.5. The van der Waals surface area contributed by atoms with Crippen LogP contribution in [0.1, 0.15) is 6.92 Å². The molecule has 0 aliphatic heterocycles. The van der Waals surface area contributed by atoms with Gasteiger partial charge < -0.3 is 14.8 Å². The highest BCUT2D eigenvalue weighted by molar-refractivity contribution is 6.28. The van der Waals surface area contributed by atoms with Crippen molar-refractivity contribution < 1.29 is 14.3 Å². The molecule has 0 atom stereocenters. The van der Waals surface area contributed by atoms with E-state index in [-0.39, 0.29) is 23.2 Å². The first-order chi connectivity index (χ1) is 9.58. The largest absolute Gasteiger partial charge is 0.467 e. The van der Waals surface area contributed by atoms with E-state index >= 15 is 0 Å². The molecule has 1 amide bonds. The van der Waals surface area contributed by atoms with E-state index in [2.05, 4.69) is 20.3 Å². The number of aromatic nitrogens is 3. The normalized spacial score (nSPS) is 9.95. The zero-order valence-electron chi connectivity index (χ0n) is 10.8. The summed E-state index contributed by atoms with van der Waals surface area (Å²) in [6, 6.07) is 6.88. The smallest absolute Gasteiger partial charge is 0.329 e. The van der Waals surface area contributed by atoms with Crippen LogP contribution in [0.25, 0.3) is 0 Å². The van der Waals surface area contributed by atoms with Gasteiger partial charge in [-0.2, -0.15) is 9.97 Å². The highest BCUT2D eigenvalue weighted by atomic mass is 35.5. The van der Waals surface area contributed by atoms with Crippen molar-refractivity contribution >= 4 is 23.2 Å². The Morgan fingerprint density at radius 1 is 1.20 bits per heavy atom. The third-order valence-corrected chi connectivity index (χ3v) is 2.32. The summed E-state index contributed by atoms with van der Waals surface area (Å²) in [6.07, 6.45) is 0. The predicted octanol–water partition coefficient (Wildman–Crippen LogP) is 2.28. The summed E-state index contributed by atoms with van der Waals surface area (Å²) in [5, 5.41) is 2.59. The van der Waals surface area contributed by atoms with Gasteiger partial charge in [0.2, 0.25) is 11.2 Å². The van der Waals surface area contributed by atoms with Crippen molar-refractivity contribution in [2.24, 2.45) is 0 Å². The number of para-hydroxylation sites is 2. The van der Waals surface area contributed by atoms with E-state index in [9.17, 15) is 4.79 Å². The van der Waals surface area contributed by atoms with Crippen molar-refractivity contribution in [1.82, 2.24) is 15.0 Å². The summed E-state index contributed by atoms with van der Waals surface area (Å²) in [5.74, 6) is 0.166. The Labute approximate surface area is 119 Å². The molecule has 0 unspecified atom stereocenters. The number of anilines is 1. The summed E-state index contributed by atoms with van der Waals surface area (Å²) in [6.45, 7) is 1.40. The molecule has 0 radical (unpaired) electrons. The highest BCUT2D eigenvalue weighted by Gasteiger charge is 2.10. The standard InChI is InChI=1S/C12H11ClN4O3/c1-7(18)14-8-5-3-4-6-9(8)20-12-16-10(13)15-11(17-12)19-2/h3-6H,1-2H3,(H,14,18). The zero-order valence-corrected chi connectivity index (χ0v) is 11.5. The maximum atomic E-state index is 11.1. The number of nitrogens with zero attached hydrogens (tertiary/aromatic N) is 3. The lowest BCUT2D eigenvalue weighted by molar-refractivity contribution is -0.114. The maximum Gasteiger partial charge on any atom is 0.329 e. The second-order valence-corrected chi connectivity index (χ2v) is 3.99. The molecule has 0 saturated heterocycles. The number of hydrogen-bond acceptors (Lipinski definition) is 6. The molecule has 20 heavy (non-hydrogen) atoms. The second-order valence-electron chi connectivity index (χ2n) is 3.65. The number of nitrogens with one attached hydrogen (secondary N) is 1. The Morgan fingerprint density at radius 3 is 2.60 bits per heavy atom. The van der Waals surface area contributed by atoms with Crippen molar-refractivity contribution in [2.75, 3.05) is 12.4 Å². The minimum atomic E-state index is -0.215. The Morgan fingerprint density at radius 2 is 1.90 bits per heavy atom. The lowest BCUT2D eigenvalue weighted by Crippen LogP contribution is -2.07. The third-order valence-electron chi connectivity index (χ3n) is 2.15. The van der Waals surface area contributed by atoms with Crippen molar-refractivity contribution in [3.63, 3.8) is 0 Å². The number of methoxy groups -OCH3 is 1. The SMILES string of the molecule is COc1nc(Cl)nc(Oc2ccccc2NC(C)=O)n1. The molecule has 1 N–H and O–H groups in total. The molecule has 2 aromatic rings. The summed E-state index contributed by atoms with van der Waals surface area (Å²) in [5.41, 5.74) is 0.496. The maximum absolute atomic E-state index is 11.1. The number of halogens is 1. The van der Waals surface area contributed by atoms with E-state index in [1.807, 2.05) is 0 Å². The number of benzene rings is 1. The minimum absolute atomic E-state index is 0.0281. The summed E-state index contributed by atoms with van der Waals surface area (Å²) in [4.78, 5) is 22.6. The molecular formula is C12H11ClN4O3. The number of amides is 1. The topological polar surface area (TPSA) is 86.2 Å². The fourth-order valence-corrected chi connectivity index (χ4v) is 1.54. The van der Waals surface area contributed by atoms with Crippen molar-refractivity contribution in [3.05, 3.63) is 29.5 Å². The monoisotopic (exact) mass is 294 g/mol. The van der Waals surface area contributed by atoms with E-state index in [1.165, 1.54) is 14.0 Å². The summed E-state index contributed by atoms with van der Waals surface area (Å²) in [7, 11) is 1.40. The minimum Gasteiger partial charge on any atom is -0.467 e. The Kier molecular flexibility index (Phi) is 4.31. The number of carbonyl (C=O) groups is 1. The van der Waals surface area contributed by atoms with Gasteiger partial charge in [0.15, 0.2) is 5.75 Å². The van der Waals surface area contributed by atoms with Gasteiger partial charge in [-0.15, -0.1) is 4.98 Å². The first kappa shape index (κ1) is 14.0. The van der Waals surface area contributed by atoms with Crippen LogP contribution in [0.2, 0.25) is 5.28 Å². The molecule has 2 rings (SSSR count). The molecule has 1 aromatic carbocycles. The van der Waals surface area contributed by atoms with Gasteiger partial charge >= 0.3 is 12.0 Å². The van der Waals surface area contributed by atoms with Crippen LogP contribution in [0.3, 0.4) is 0 Å². The third kappa shape index (κ3) is 3.55. The first-order valence-corrected chi connectivity index (χ1v) is 5.96. The van der Waals surface area contributed by atoms with Crippen molar-refractivity contribution in [2.45, 2.75) is 6.92 Å². The van der Waals surface area contributed by atoms with Gasteiger partial charge in [-0.1, -0.05) is 12.1 Å². The average Bonchev–Trinajstić information content (AvgIpc) is 2.39. The second kappa shape index (κ2) is 6.16. The fraction of sp³-hybridized carbons (Fsp3) is 0.167. The molecule has 1 aromatic heterocycles. The number of rotatable bonds is 4. The van der Waals surface area contributed by atoms with E-state index < -0.39 is 0 Å². The van der Waals surface area contributed by atoms with Crippen LogP contribution >= 0.6 is 11.6 Å². The molecule has 7 nitrogen and oxygen atoms in total. The molecule has 0 spiro atoms. The molecule has 0 aliphatic carbocycles. The van der Waals surface area contributed by atoms with E-state index in [0.717, 1.165) is 0 Å². The average molecular weight is 295 g/mol. The van der Waals surface area contributed by atoms with Gasteiger partial charge in [0.25, 0.3) is 0 Å². The van der Waals surface area contributed by atoms with Crippen LogP contribution in [-0.2, 0) is 4.79 Å². The van der Waals surface area contributed by atoms with Gasteiger partial charge in [-0.3, -0.25) is 4.79 Å². The van der Waals surface area contributed by atoms with Gasteiger partial charge in [-0.25, -0.2) is 0 Å². The number of carbonyl (C=O) groups excluding carboxylic acids is 1. The van der Waals surface area contributed by atoms with Crippen molar-refractivity contribution in [3.8, 4) is 17.8 Å². The Bertz CT molecular complexity index is 636. The van der Waals surface area contributed by atoms with Crippen LogP contribution in [0, 0.1) is 0 Å². The molecule has 0 aliphatic rings. The van der Waals surface area contributed by atoms with Crippen LogP contribution in [0.5, 0.6) is 17.8 Å². The van der Waals surface area contributed by atoms with Crippen LogP contribution in [-0.4, -0.2) is 28.0 Å². The molecule has 1 heterocycles. The molecule has 0 bridgehead atoms. The summed E-state index contributed by atoms with van der Waals surface area (Å²) >= 11 is 5.73. The van der Waals surface area contributed by atoms with Crippen molar-refractivity contribution in [1.29, 1.82) is 0 Å². The van der Waals surface area contributed by atoms with E-state index in [1.54, 1.807) is 24.3 Å². The Hall–Kier alpha value is -2.41. The van der Waals surface area contributed by atoms with Crippen LogP contribution < -0.4 is 14.8 Å². The van der Waals surface area contributed by atoms with Gasteiger partial charge in [0, 0.05) is 6.92 Å². The van der Waals surface area contributed by atoms with Gasteiger partial charge in [-0.05, 0) is 23.7 Å². The predicted molar refractivity (Wildman–Crippen MR) is 72.2 cm³/mol. The quantitative estimate of drug-likeness (QED) is 0.931. The molecule has 8 heteroatoms. The number of ether oxygens (including phenoxy) is 2. The molecule has 0 fully saturated rings. The lowest BCUT2D eigenvalue weighted by Gasteiger charge is -2.10. The highest BCUT2D eigenvalue weighted by Crippen LogP contribution is 2.28.